The van der Waals surface area contributed by atoms with E-state index < -0.39 is 0 Å². The van der Waals surface area contributed by atoms with Crippen molar-refractivity contribution in [3.8, 4) is 0 Å². The first-order chi connectivity index (χ1) is 9.51. The quantitative estimate of drug-likeness (QED) is 0.718. The second-order valence-corrected chi connectivity index (χ2v) is 6.35. The Morgan fingerprint density at radius 1 is 1.15 bits per heavy atom. The van der Waals surface area contributed by atoms with E-state index in [4.69, 9.17) is 17.3 Å². The normalized spacial score (nSPS) is 12.2. The summed E-state index contributed by atoms with van der Waals surface area (Å²) in [7, 11) is 0. The summed E-state index contributed by atoms with van der Waals surface area (Å²) in [5.74, 6) is -0.293. The molecule has 20 heavy (non-hydrogen) atoms. The minimum atomic E-state index is -0.293. The van der Waals surface area contributed by atoms with E-state index in [0.29, 0.717) is 16.0 Å². The number of nitrogens with two attached hydrogens (primary N) is 1. The molecule has 2 aromatic carbocycles. The van der Waals surface area contributed by atoms with Gasteiger partial charge in [0.15, 0.2) is 0 Å². The van der Waals surface area contributed by atoms with Crippen LogP contribution >= 0.6 is 43.5 Å². The summed E-state index contributed by atoms with van der Waals surface area (Å²) in [6.07, 6.45) is 0. The molecule has 0 saturated carbocycles. The molecule has 0 amide bonds. The van der Waals surface area contributed by atoms with Crippen molar-refractivity contribution in [2.75, 3.05) is 11.9 Å². The highest BCUT2D eigenvalue weighted by Crippen LogP contribution is 2.28. The summed E-state index contributed by atoms with van der Waals surface area (Å²) in [4.78, 5) is 0. The fourth-order valence-electron chi connectivity index (χ4n) is 1.79. The Morgan fingerprint density at radius 2 is 1.90 bits per heavy atom. The van der Waals surface area contributed by atoms with Gasteiger partial charge in [-0.25, -0.2) is 4.39 Å². The van der Waals surface area contributed by atoms with E-state index in [2.05, 4.69) is 37.2 Å². The maximum absolute atomic E-state index is 13.3. The van der Waals surface area contributed by atoms with Crippen molar-refractivity contribution in [1.29, 1.82) is 0 Å². The number of rotatable bonds is 4. The molecule has 0 radical (unpaired) electrons. The van der Waals surface area contributed by atoms with Gasteiger partial charge in [0.05, 0.1) is 15.5 Å². The van der Waals surface area contributed by atoms with Crippen molar-refractivity contribution in [3.05, 3.63) is 61.7 Å². The van der Waals surface area contributed by atoms with Crippen LogP contribution in [0.3, 0.4) is 0 Å². The third-order valence-corrected chi connectivity index (χ3v) is 4.66. The Hall–Kier alpha value is -0.620. The first kappa shape index (κ1) is 15.8. The van der Waals surface area contributed by atoms with Crippen LogP contribution < -0.4 is 11.1 Å². The predicted molar refractivity (Wildman–Crippen MR) is 88.7 cm³/mol. The summed E-state index contributed by atoms with van der Waals surface area (Å²) in [6, 6.07) is 10.3. The van der Waals surface area contributed by atoms with Crippen LogP contribution in [0, 0.1) is 5.82 Å². The number of benzene rings is 2. The molecule has 2 rings (SSSR count). The Bertz CT molecular complexity index is 622. The lowest BCUT2D eigenvalue weighted by atomic mass is 10.1. The van der Waals surface area contributed by atoms with E-state index >= 15 is 0 Å². The highest BCUT2D eigenvalue weighted by Gasteiger charge is 2.12. The molecule has 2 aromatic rings. The molecule has 0 aliphatic carbocycles. The molecule has 0 fully saturated rings. The van der Waals surface area contributed by atoms with Gasteiger partial charge >= 0.3 is 0 Å². The molecule has 0 aliphatic rings. The van der Waals surface area contributed by atoms with Crippen molar-refractivity contribution in [2.45, 2.75) is 6.04 Å². The Morgan fingerprint density at radius 3 is 2.50 bits per heavy atom. The lowest BCUT2D eigenvalue weighted by molar-refractivity contribution is 0.619. The molecule has 1 unspecified atom stereocenters. The standard InChI is InChI=1S/C14H12Br2ClFN2/c15-10-6-9(2-3-12(10)17)20-14(7-19)8-1-4-13(18)11(16)5-8/h1-6,14,20H,7,19H2. The number of anilines is 1. The van der Waals surface area contributed by atoms with Crippen LogP contribution in [0.15, 0.2) is 45.3 Å². The molecule has 6 heteroatoms. The minimum Gasteiger partial charge on any atom is -0.377 e. The van der Waals surface area contributed by atoms with Crippen molar-refractivity contribution >= 4 is 49.1 Å². The van der Waals surface area contributed by atoms with Crippen LogP contribution in [0.1, 0.15) is 11.6 Å². The van der Waals surface area contributed by atoms with E-state index in [0.717, 1.165) is 15.7 Å². The zero-order valence-corrected chi connectivity index (χ0v) is 14.3. The van der Waals surface area contributed by atoms with Gasteiger partial charge in [0.2, 0.25) is 0 Å². The average Bonchev–Trinajstić information content (AvgIpc) is 2.43. The van der Waals surface area contributed by atoms with E-state index in [1.54, 1.807) is 18.2 Å². The lowest BCUT2D eigenvalue weighted by Gasteiger charge is -2.19. The monoisotopic (exact) mass is 420 g/mol. The molecular formula is C14H12Br2ClFN2. The molecule has 0 aliphatic heterocycles. The largest absolute Gasteiger partial charge is 0.377 e. The summed E-state index contributed by atoms with van der Waals surface area (Å²) in [5.41, 5.74) is 7.59. The predicted octanol–water partition coefficient (Wildman–Crippen LogP) is 5.12. The van der Waals surface area contributed by atoms with Gasteiger partial charge in [-0.2, -0.15) is 0 Å². The van der Waals surface area contributed by atoms with Gasteiger partial charge in [0, 0.05) is 16.7 Å². The second-order valence-electron chi connectivity index (χ2n) is 4.24. The fraction of sp³-hybridized carbons (Fsp3) is 0.143. The number of hydrogen-bond acceptors (Lipinski definition) is 2. The van der Waals surface area contributed by atoms with Gasteiger partial charge in [-0.15, -0.1) is 0 Å². The molecular weight excluding hydrogens is 410 g/mol. The highest BCUT2D eigenvalue weighted by atomic mass is 79.9. The molecule has 0 spiro atoms. The van der Waals surface area contributed by atoms with Crippen molar-refractivity contribution in [2.24, 2.45) is 5.73 Å². The summed E-state index contributed by atoms with van der Waals surface area (Å²) < 4.78 is 14.5. The number of hydrogen-bond donors (Lipinski definition) is 2. The molecule has 3 N–H and O–H groups in total. The van der Waals surface area contributed by atoms with Gasteiger partial charge in [-0.05, 0) is 67.8 Å². The van der Waals surface area contributed by atoms with Gasteiger partial charge in [-0.1, -0.05) is 17.7 Å². The summed E-state index contributed by atoms with van der Waals surface area (Å²) >= 11 is 12.5. The number of nitrogens with one attached hydrogen (secondary N) is 1. The smallest absolute Gasteiger partial charge is 0.137 e. The van der Waals surface area contributed by atoms with Crippen LogP contribution in [-0.4, -0.2) is 6.54 Å². The topological polar surface area (TPSA) is 38.0 Å². The molecule has 0 bridgehead atoms. The first-order valence-corrected chi connectivity index (χ1v) is 7.84. The van der Waals surface area contributed by atoms with Crippen LogP contribution in [0.25, 0.3) is 0 Å². The Kier molecular flexibility index (Phi) is 5.43. The average molecular weight is 423 g/mol. The van der Waals surface area contributed by atoms with E-state index in [9.17, 15) is 4.39 Å². The van der Waals surface area contributed by atoms with Crippen LogP contribution in [0.4, 0.5) is 10.1 Å². The van der Waals surface area contributed by atoms with Crippen molar-refractivity contribution in [3.63, 3.8) is 0 Å². The zero-order chi connectivity index (χ0) is 14.7. The van der Waals surface area contributed by atoms with Crippen molar-refractivity contribution < 1.29 is 4.39 Å². The zero-order valence-electron chi connectivity index (χ0n) is 10.3. The Labute approximate surface area is 138 Å². The van der Waals surface area contributed by atoms with E-state index in [-0.39, 0.29) is 11.9 Å². The second kappa shape index (κ2) is 6.89. The van der Waals surface area contributed by atoms with Gasteiger partial charge < -0.3 is 11.1 Å². The lowest BCUT2D eigenvalue weighted by Crippen LogP contribution is -2.20. The van der Waals surface area contributed by atoms with Crippen LogP contribution in [0.5, 0.6) is 0 Å². The third kappa shape index (κ3) is 3.73. The molecule has 106 valence electrons. The van der Waals surface area contributed by atoms with E-state index in [1.807, 2.05) is 12.1 Å². The molecule has 0 saturated heterocycles. The van der Waals surface area contributed by atoms with Crippen LogP contribution in [-0.2, 0) is 0 Å². The van der Waals surface area contributed by atoms with Crippen LogP contribution in [0.2, 0.25) is 5.02 Å². The van der Waals surface area contributed by atoms with Crippen molar-refractivity contribution in [1.82, 2.24) is 0 Å². The number of halogens is 4. The molecule has 1 atom stereocenters. The van der Waals surface area contributed by atoms with E-state index in [1.165, 1.54) is 6.07 Å². The fourth-order valence-corrected chi connectivity index (χ4v) is 2.69. The maximum atomic E-state index is 13.3. The molecule has 0 heterocycles. The third-order valence-electron chi connectivity index (χ3n) is 2.84. The summed E-state index contributed by atoms with van der Waals surface area (Å²) in [5, 5.41) is 3.95. The molecule has 2 nitrogen and oxygen atoms in total. The Balaban J connectivity index is 2.23. The van der Waals surface area contributed by atoms with Gasteiger partial charge in [0.25, 0.3) is 0 Å². The molecule has 0 aromatic heterocycles. The highest BCUT2D eigenvalue weighted by molar-refractivity contribution is 9.10. The maximum Gasteiger partial charge on any atom is 0.137 e. The first-order valence-electron chi connectivity index (χ1n) is 5.88. The van der Waals surface area contributed by atoms with Gasteiger partial charge in [0.1, 0.15) is 5.82 Å². The van der Waals surface area contributed by atoms with Gasteiger partial charge in [-0.3, -0.25) is 0 Å². The minimum absolute atomic E-state index is 0.111. The summed E-state index contributed by atoms with van der Waals surface area (Å²) in [6.45, 7) is 0.387. The SMILES string of the molecule is NCC(Nc1ccc(Cl)c(Br)c1)c1ccc(F)c(Br)c1.